The summed E-state index contributed by atoms with van der Waals surface area (Å²) in [5.41, 5.74) is 5.29. The predicted octanol–water partition coefficient (Wildman–Crippen LogP) is 5.99. The zero-order chi connectivity index (χ0) is 15.1. The molecule has 0 saturated heterocycles. The molecule has 0 radical (unpaired) electrons. The number of unbranched alkanes of at least 4 members (excludes halogenated alkanes) is 1. The minimum Gasteiger partial charge on any atom is -0.385 e. The summed E-state index contributed by atoms with van der Waals surface area (Å²) in [5.74, 6) is 1.09. The lowest BCUT2D eigenvalue weighted by Gasteiger charge is -2.17. The summed E-state index contributed by atoms with van der Waals surface area (Å²) in [7, 11) is 0. The van der Waals surface area contributed by atoms with E-state index in [-0.39, 0.29) is 0 Å². The molecule has 0 fully saturated rings. The van der Waals surface area contributed by atoms with Crippen molar-refractivity contribution in [2.75, 3.05) is 17.6 Å². The van der Waals surface area contributed by atoms with E-state index in [1.807, 2.05) is 11.8 Å². The monoisotopic (exact) mass is 299 g/mol. The first kappa shape index (κ1) is 16.0. The highest BCUT2D eigenvalue weighted by atomic mass is 32.2. The van der Waals surface area contributed by atoms with Gasteiger partial charge in [0.25, 0.3) is 0 Å². The number of aryl methyl sites for hydroxylation is 1. The molecule has 0 atom stereocenters. The molecule has 0 amide bonds. The fraction of sp³-hybridized carbons (Fsp3) is 0.368. The molecule has 0 bridgehead atoms. The summed E-state index contributed by atoms with van der Waals surface area (Å²) in [4.78, 5) is 1.37. The van der Waals surface area contributed by atoms with Gasteiger partial charge < -0.3 is 5.32 Å². The van der Waals surface area contributed by atoms with E-state index in [4.69, 9.17) is 0 Å². The van der Waals surface area contributed by atoms with Gasteiger partial charge >= 0.3 is 0 Å². The van der Waals surface area contributed by atoms with Gasteiger partial charge in [0.05, 0.1) is 0 Å². The second-order valence-electron chi connectivity index (χ2n) is 5.21. The van der Waals surface area contributed by atoms with Crippen molar-refractivity contribution in [3.05, 3.63) is 48.0 Å². The average Bonchev–Trinajstić information content (AvgIpc) is 2.49. The van der Waals surface area contributed by atoms with Crippen LogP contribution in [0, 0.1) is 6.92 Å². The zero-order valence-corrected chi connectivity index (χ0v) is 14.1. The molecule has 1 nitrogen and oxygen atoms in total. The molecule has 0 aliphatic rings. The highest BCUT2D eigenvalue weighted by molar-refractivity contribution is 7.99. The van der Waals surface area contributed by atoms with Crippen LogP contribution in [0.25, 0.3) is 11.1 Å². The lowest BCUT2D eigenvalue weighted by atomic mass is 9.99. The SMILES string of the molecule is CCCCNc1cccc(SCC)c1-c1ccccc1C. The Kier molecular flexibility index (Phi) is 6.19. The number of hydrogen-bond donors (Lipinski definition) is 1. The van der Waals surface area contributed by atoms with Crippen molar-refractivity contribution >= 4 is 17.4 Å². The van der Waals surface area contributed by atoms with Crippen molar-refractivity contribution in [1.82, 2.24) is 0 Å². The number of thioether (sulfide) groups is 1. The fourth-order valence-electron chi connectivity index (χ4n) is 2.49. The van der Waals surface area contributed by atoms with Crippen LogP contribution in [0.3, 0.4) is 0 Å². The third kappa shape index (κ3) is 4.04. The summed E-state index contributed by atoms with van der Waals surface area (Å²) in [6.07, 6.45) is 2.43. The highest BCUT2D eigenvalue weighted by Gasteiger charge is 2.12. The Morgan fingerprint density at radius 3 is 2.52 bits per heavy atom. The van der Waals surface area contributed by atoms with E-state index in [0.717, 1.165) is 12.3 Å². The number of hydrogen-bond acceptors (Lipinski definition) is 2. The molecule has 2 rings (SSSR count). The smallest absolute Gasteiger partial charge is 0.0431 e. The van der Waals surface area contributed by atoms with Crippen molar-refractivity contribution in [2.24, 2.45) is 0 Å². The normalized spacial score (nSPS) is 10.6. The molecule has 2 aromatic carbocycles. The first-order valence-electron chi connectivity index (χ1n) is 7.83. The van der Waals surface area contributed by atoms with Crippen LogP contribution >= 0.6 is 11.8 Å². The van der Waals surface area contributed by atoms with E-state index in [1.54, 1.807) is 0 Å². The summed E-state index contributed by atoms with van der Waals surface area (Å²) in [6.45, 7) is 7.67. The van der Waals surface area contributed by atoms with Crippen LogP contribution in [0.4, 0.5) is 5.69 Å². The minimum atomic E-state index is 1.04. The lowest BCUT2D eigenvalue weighted by molar-refractivity contribution is 0.834. The molecule has 1 N–H and O–H groups in total. The molecule has 0 aromatic heterocycles. The Bertz CT molecular complexity index is 578. The van der Waals surface area contributed by atoms with Crippen LogP contribution in [-0.2, 0) is 0 Å². The summed E-state index contributed by atoms with van der Waals surface area (Å²) < 4.78 is 0. The Labute approximate surface area is 133 Å². The predicted molar refractivity (Wildman–Crippen MR) is 96.4 cm³/mol. The molecule has 0 saturated carbocycles. The molecule has 0 aliphatic heterocycles. The van der Waals surface area contributed by atoms with Gasteiger partial charge in [-0.25, -0.2) is 0 Å². The molecule has 0 heterocycles. The Morgan fingerprint density at radius 1 is 1.00 bits per heavy atom. The van der Waals surface area contributed by atoms with Gasteiger partial charge in [-0.3, -0.25) is 0 Å². The van der Waals surface area contributed by atoms with Gasteiger partial charge in [-0.05, 0) is 42.4 Å². The van der Waals surface area contributed by atoms with E-state index >= 15 is 0 Å². The average molecular weight is 299 g/mol. The van der Waals surface area contributed by atoms with Gasteiger partial charge in [-0.2, -0.15) is 0 Å². The second-order valence-corrected chi connectivity index (χ2v) is 6.51. The molecular weight excluding hydrogens is 274 g/mol. The van der Waals surface area contributed by atoms with Gasteiger partial charge in [0.15, 0.2) is 0 Å². The van der Waals surface area contributed by atoms with Gasteiger partial charge in [0.2, 0.25) is 0 Å². The van der Waals surface area contributed by atoms with Crippen LogP contribution in [-0.4, -0.2) is 12.3 Å². The molecule has 2 heteroatoms. The maximum absolute atomic E-state index is 3.63. The van der Waals surface area contributed by atoms with Crippen molar-refractivity contribution in [3.63, 3.8) is 0 Å². The second kappa shape index (κ2) is 8.14. The van der Waals surface area contributed by atoms with E-state index in [2.05, 4.69) is 68.6 Å². The molecule has 0 spiro atoms. The van der Waals surface area contributed by atoms with Crippen molar-refractivity contribution in [2.45, 2.75) is 38.5 Å². The third-order valence-electron chi connectivity index (χ3n) is 3.59. The van der Waals surface area contributed by atoms with Gasteiger partial charge in [0.1, 0.15) is 0 Å². The molecule has 0 aliphatic carbocycles. The van der Waals surface area contributed by atoms with E-state index in [9.17, 15) is 0 Å². The van der Waals surface area contributed by atoms with Gasteiger partial charge in [0, 0.05) is 22.7 Å². The molecule has 0 unspecified atom stereocenters. The van der Waals surface area contributed by atoms with Crippen LogP contribution in [0.15, 0.2) is 47.4 Å². The molecule has 2 aromatic rings. The Balaban J connectivity index is 2.46. The summed E-state index contributed by atoms with van der Waals surface area (Å²) in [5, 5.41) is 3.63. The van der Waals surface area contributed by atoms with Crippen LogP contribution in [0.5, 0.6) is 0 Å². The number of nitrogens with one attached hydrogen (secondary N) is 1. The first-order chi connectivity index (χ1) is 10.3. The van der Waals surface area contributed by atoms with Crippen molar-refractivity contribution in [3.8, 4) is 11.1 Å². The quantitative estimate of drug-likeness (QED) is 0.498. The van der Waals surface area contributed by atoms with E-state index < -0.39 is 0 Å². The topological polar surface area (TPSA) is 12.0 Å². The standard InChI is InChI=1S/C19H25NS/c1-4-6-14-20-17-12-9-13-18(21-5-2)19(17)16-11-8-7-10-15(16)3/h7-13,20H,4-6,14H2,1-3H3. The van der Waals surface area contributed by atoms with Crippen LogP contribution in [0.1, 0.15) is 32.3 Å². The highest BCUT2D eigenvalue weighted by Crippen LogP contribution is 2.38. The number of anilines is 1. The van der Waals surface area contributed by atoms with Crippen LogP contribution in [0.2, 0.25) is 0 Å². The summed E-state index contributed by atoms with van der Waals surface area (Å²) in [6, 6.07) is 15.3. The zero-order valence-electron chi connectivity index (χ0n) is 13.3. The summed E-state index contributed by atoms with van der Waals surface area (Å²) >= 11 is 1.92. The van der Waals surface area contributed by atoms with Crippen LogP contribution < -0.4 is 5.32 Å². The van der Waals surface area contributed by atoms with Gasteiger partial charge in [-0.15, -0.1) is 11.8 Å². The number of benzene rings is 2. The molecular formula is C19H25NS. The fourth-order valence-corrected chi connectivity index (χ4v) is 3.34. The largest absolute Gasteiger partial charge is 0.385 e. The first-order valence-corrected chi connectivity index (χ1v) is 8.82. The minimum absolute atomic E-state index is 1.04. The van der Waals surface area contributed by atoms with Crippen molar-refractivity contribution < 1.29 is 0 Å². The molecule has 21 heavy (non-hydrogen) atoms. The third-order valence-corrected chi connectivity index (χ3v) is 4.53. The van der Waals surface area contributed by atoms with Gasteiger partial charge in [-0.1, -0.05) is 50.6 Å². The number of rotatable bonds is 7. The Morgan fingerprint density at radius 2 is 1.81 bits per heavy atom. The maximum Gasteiger partial charge on any atom is 0.0431 e. The van der Waals surface area contributed by atoms with E-state index in [0.29, 0.717) is 0 Å². The lowest BCUT2D eigenvalue weighted by Crippen LogP contribution is -2.03. The Hall–Kier alpha value is -1.41. The van der Waals surface area contributed by atoms with E-state index in [1.165, 1.54) is 40.1 Å². The molecule has 112 valence electrons. The van der Waals surface area contributed by atoms with Crippen molar-refractivity contribution in [1.29, 1.82) is 0 Å². The maximum atomic E-state index is 3.63.